The molecule has 1 aromatic carbocycles. The van der Waals surface area contributed by atoms with Crippen LogP contribution in [-0.4, -0.2) is 16.1 Å². The van der Waals surface area contributed by atoms with Crippen molar-refractivity contribution in [1.82, 2.24) is 4.98 Å². The van der Waals surface area contributed by atoms with Gasteiger partial charge in [-0.1, -0.05) is 23.2 Å². The highest BCUT2D eigenvalue weighted by molar-refractivity contribution is 7.15. The van der Waals surface area contributed by atoms with E-state index in [-0.39, 0.29) is 5.56 Å². The average Bonchev–Trinajstić information content (AvgIpc) is 2.73. The van der Waals surface area contributed by atoms with Gasteiger partial charge in [0.15, 0.2) is 4.47 Å². The SMILES string of the molecule is Cc1cc(Cl)cc(C(=O)O)c1NCc1cnc(Cl)s1. The summed E-state index contributed by atoms with van der Waals surface area (Å²) in [6.07, 6.45) is 1.66. The number of aromatic nitrogens is 1. The van der Waals surface area contributed by atoms with Crippen molar-refractivity contribution < 1.29 is 9.90 Å². The molecule has 4 nitrogen and oxygen atoms in total. The van der Waals surface area contributed by atoms with Crippen molar-refractivity contribution in [1.29, 1.82) is 0 Å². The maximum atomic E-state index is 11.2. The summed E-state index contributed by atoms with van der Waals surface area (Å²) < 4.78 is 0.461. The van der Waals surface area contributed by atoms with E-state index in [2.05, 4.69) is 10.3 Å². The third-order valence-electron chi connectivity index (χ3n) is 2.50. The predicted octanol–water partition coefficient (Wildman–Crippen LogP) is 4.07. The smallest absolute Gasteiger partial charge is 0.337 e. The molecule has 7 heteroatoms. The molecule has 0 amide bonds. The summed E-state index contributed by atoms with van der Waals surface area (Å²) in [7, 11) is 0. The average molecular weight is 317 g/mol. The molecular weight excluding hydrogens is 307 g/mol. The lowest BCUT2D eigenvalue weighted by Gasteiger charge is -2.12. The minimum atomic E-state index is -1.02. The van der Waals surface area contributed by atoms with Crippen LogP contribution in [0.15, 0.2) is 18.3 Å². The second-order valence-electron chi connectivity index (χ2n) is 3.88. The highest BCUT2D eigenvalue weighted by atomic mass is 35.5. The Morgan fingerprint density at radius 2 is 2.21 bits per heavy atom. The molecule has 0 saturated carbocycles. The van der Waals surface area contributed by atoms with Crippen LogP contribution >= 0.6 is 34.5 Å². The third-order valence-corrected chi connectivity index (χ3v) is 3.83. The molecule has 0 unspecified atom stereocenters. The number of carboxylic acids is 1. The Bertz CT molecular complexity index is 628. The first-order chi connectivity index (χ1) is 8.97. The van der Waals surface area contributed by atoms with Crippen molar-refractivity contribution >= 4 is 46.2 Å². The number of carboxylic acid groups (broad SMARTS) is 1. The minimum Gasteiger partial charge on any atom is -0.478 e. The molecule has 19 heavy (non-hydrogen) atoms. The molecule has 0 spiro atoms. The lowest BCUT2D eigenvalue weighted by molar-refractivity contribution is 0.0698. The number of nitrogens with one attached hydrogen (secondary N) is 1. The summed E-state index contributed by atoms with van der Waals surface area (Å²) >= 11 is 13.0. The van der Waals surface area contributed by atoms with Crippen LogP contribution in [-0.2, 0) is 6.54 Å². The molecule has 100 valence electrons. The number of benzene rings is 1. The fourth-order valence-electron chi connectivity index (χ4n) is 1.69. The van der Waals surface area contributed by atoms with Gasteiger partial charge >= 0.3 is 5.97 Å². The number of hydrogen-bond donors (Lipinski definition) is 2. The summed E-state index contributed by atoms with van der Waals surface area (Å²) in [5, 5.41) is 12.7. The quantitative estimate of drug-likeness (QED) is 0.892. The van der Waals surface area contributed by atoms with Gasteiger partial charge in [0.2, 0.25) is 0 Å². The Kier molecular flexibility index (Phi) is 4.29. The molecule has 0 aliphatic heterocycles. The lowest BCUT2D eigenvalue weighted by Crippen LogP contribution is -2.07. The predicted molar refractivity (Wildman–Crippen MR) is 77.6 cm³/mol. The second-order valence-corrected chi connectivity index (χ2v) is 6.02. The van der Waals surface area contributed by atoms with Crippen molar-refractivity contribution in [2.24, 2.45) is 0 Å². The summed E-state index contributed by atoms with van der Waals surface area (Å²) in [5.74, 6) is -1.02. The van der Waals surface area contributed by atoms with E-state index in [1.807, 2.05) is 0 Å². The van der Waals surface area contributed by atoms with Gasteiger partial charge < -0.3 is 10.4 Å². The zero-order valence-electron chi connectivity index (χ0n) is 9.91. The number of aromatic carboxylic acids is 1. The van der Waals surface area contributed by atoms with Crippen LogP contribution in [0, 0.1) is 6.92 Å². The summed E-state index contributed by atoms with van der Waals surface area (Å²) in [5.41, 5.74) is 1.49. The molecule has 2 aromatic rings. The summed E-state index contributed by atoms with van der Waals surface area (Å²) in [4.78, 5) is 16.1. The third kappa shape index (κ3) is 3.37. The molecule has 0 aliphatic carbocycles. The van der Waals surface area contributed by atoms with Gasteiger partial charge in [0.25, 0.3) is 0 Å². The van der Waals surface area contributed by atoms with Gasteiger partial charge in [0, 0.05) is 16.1 Å². The highest BCUT2D eigenvalue weighted by Gasteiger charge is 2.14. The standard InChI is InChI=1S/C12H10Cl2N2O2S/c1-6-2-7(13)3-9(11(17)18)10(6)15-4-8-5-16-12(14)19-8/h2-3,5,15H,4H2,1H3,(H,17,18). The van der Waals surface area contributed by atoms with Crippen LogP contribution in [0.25, 0.3) is 0 Å². The largest absolute Gasteiger partial charge is 0.478 e. The zero-order chi connectivity index (χ0) is 14.0. The van der Waals surface area contributed by atoms with E-state index in [0.717, 1.165) is 10.4 Å². The lowest BCUT2D eigenvalue weighted by atomic mass is 10.1. The van der Waals surface area contributed by atoms with E-state index in [9.17, 15) is 9.90 Å². The van der Waals surface area contributed by atoms with Crippen LogP contribution in [0.1, 0.15) is 20.8 Å². The number of aryl methyl sites for hydroxylation is 1. The highest BCUT2D eigenvalue weighted by Crippen LogP contribution is 2.27. The number of anilines is 1. The Labute approximate surface area is 124 Å². The van der Waals surface area contributed by atoms with E-state index >= 15 is 0 Å². The van der Waals surface area contributed by atoms with Crippen LogP contribution in [0.5, 0.6) is 0 Å². The van der Waals surface area contributed by atoms with Gasteiger partial charge in [-0.05, 0) is 24.6 Å². The number of rotatable bonds is 4. The normalized spacial score (nSPS) is 10.5. The van der Waals surface area contributed by atoms with Crippen molar-refractivity contribution in [3.05, 3.63) is 43.8 Å². The molecule has 0 fully saturated rings. The number of halogens is 2. The summed E-state index contributed by atoms with van der Waals surface area (Å²) in [6, 6.07) is 3.15. The van der Waals surface area contributed by atoms with Crippen molar-refractivity contribution in [3.63, 3.8) is 0 Å². The molecule has 0 atom stereocenters. The van der Waals surface area contributed by atoms with Crippen LogP contribution in [0.4, 0.5) is 5.69 Å². The molecule has 1 aromatic heterocycles. The molecule has 1 heterocycles. The van der Waals surface area contributed by atoms with E-state index in [1.165, 1.54) is 17.4 Å². The molecule has 0 aliphatic rings. The van der Waals surface area contributed by atoms with E-state index < -0.39 is 5.97 Å². The monoisotopic (exact) mass is 316 g/mol. The molecular formula is C12H10Cl2N2O2S. The van der Waals surface area contributed by atoms with Gasteiger partial charge in [0.1, 0.15) is 0 Å². The Morgan fingerprint density at radius 3 is 2.79 bits per heavy atom. The van der Waals surface area contributed by atoms with E-state index in [4.69, 9.17) is 23.2 Å². The first kappa shape index (κ1) is 14.1. The first-order valence-electron chi connectivity index (χ1n) is 5.35. The van der Waals surface area contributed by atoms with Crippen LogP contribution in [0.3, 0.4) is 0 Å². The molecule has 0 saturated heterocycles. The maximum Gasteiger partial charge on any atom is 0.337 e. The summed E-state index contributed by atoms with van der Waals surface area (Å²) in [6.45, 7) is 2.27. The topological polar surface area (TPSA) is 62.2 Å². The first-order valence-corrected chi connectivity index (χ1v) is 6.92. The fourth-order valence-corrected chi connectivity index (χ4v) is 2.88. The van der Waals surface area contributed by atoms with Gasteiger partial charge in [-0.3, -0.25) is 0 Å². The minimum absolute atomic E-state index is 0.153. The number of carbonyl (C=O) groups is 1. The molecule has 2 N–H and O–H groups in total. The van der Waals surface area contributed by atoms with E-state index in [1.54, 1.807) is 19.2 Å². The van der Waals surface area contributed by atoms with Crippen molar-refractivity contribution in [2.75, 3.05) is 5.32 Å². The maximum absolute atomic E-state index is 11.2. The van der Waals surface area contributed by atoms with Gasteiger partial charge in [-0.2, -0.15) is 0 Å². The number of hydrogen-bond acceptors (Lipinski definition) is 4. The van der Waals surface area contributed by atoms with Gasteiger partial charge in [0.05, 0.1) is 17.8 Å². The molecule has 0 bridgehead atoms. The number of nitrogens with zero attached hydrogens (tertiary/aromatic N) is 1. The van der Waals surface area contributed by atoms with Crippen molar-refractivity contribution in [2.45, 2.75) is 13.5 Å². The Morgan fingerprint density at radius 1 is 1.47 bits per heavy atom. The Hall–Kier alpha value is -1.30. The van der Waals surface area contributed by atoms with Gasteiger partial charge in [-0.25, -0.2) is 9.78 Å². The number of thiazole rings is 1. The second kappa shape index (κ2) is 5.77. The molecule has 2 rings (SSSR count). The Balaban J connectivity index is 2.26. The van der Waals surface area contributed by atoms with Crippen LogP contribution in [0.2, 0.25) is 9.49 Å². The van der Waals surface area contributed by atoms with Crippen molar-refractivity contribution in [3.8, 4) is 0 Å². The molecule has 0 radical (unpaired) electrons. The van der Waals surface area contributed by atoms with E-state index in [0.29, 0.717) is 21.7 Å². The van der Waals surface area contributed by atoms with Crippen LogP contribution < -0.4 is 5.32 Å². The van der Waals surface area contributed by atoms with Gasteiger partial charge in [-0.15, -0.1) is 11.3 Å². The zero-order valence-corrected chi connectivity index (χ0v) is 12.2. The fraction of sp³-hybridized carbons (Fsp3) is 0.167.